The van der Waals surface area contributed by atoms with Gasteiger partial charge in [0, 0.05) is 28.8 Å². The first-order valence-corrected chi connectivity index (χ1v) is 10.7. The molecule has 2 aliphatic heterocycles. The SMILES string of the molecule is O=C(CC1S/C(=N/NC2=NC(=S)SCC2)NC1=O)Nc1ccc(Br)cc1. The average Bonchev–Trinajstić information content (AvgIpc) is 2.95. The van der Waals surface area contributed by atoms with Crippen LogP contribution in [0.4, 0.5) is 5.69 Å². The zero-order valence-electron chi connectivity index (χ0n) is 13.3. The third-order valence-corrected chi connectivity index (χ3v) is 6.15. The molecule has 1 saturated heterocycles. The Morgan fingerprint density at radius 2 is 2.19 bits per heavy atom. The van der Waals surface area contributed by atoms with Crippen molar-refractivity contribution in [1.82, 2.24) is 10.7 Å². The Morgan fingerprint density at radius 1 is 1.42 bits per heavy atom. The maximum absolute atomic E-state index is 12.1. The fraction of sp³-hybridized carbons (Fsp3) is 0.267. The van der Waals surface area contributed by atoms with Crippen LogP contribution in [-0.2, 0) is 9.59 Å². The van der Waals surface area contributed by atoms with Gasteiger partial charge in [-0.25, -0.2) is 4.99 Å². The quantitative estimate of drug-likeness (QED) is 0.461. The number of amidine groups is 2. The first-order chi connectivity index (χ1) is 12.5. The Labute approximate surface area is 172 Å². The molecule has 0 saturated carbocycles. The lowest BCUT2D eigenvalue weighted by Crippen LogP contribution is -2.29. The predicted molar refractivity (Wildman–Crippen MR) is 115 cm³/mol. The standard InChI is InChI=1S/C15H14BrN5O2S3/c16-8-1-3-9(4-2-8)17-12(22)7-10-13(23)19-14(26-10)21-20-11-5-6-25-15(24)18-11/h1-4,10H,5-7H2,(H,17,22)(H,18,20,24)(H,19,21,23). The first-order valence-electron chi connectivity index (χ1n) is 7.60. The lowest BCUT2D eigenvalue weighted by Gasteiger charge is -2.10. The van der Waals surface area contributed by atoms with Gasteiger partial charge in [0.15, 0.2) is 9.49 Å². The van der Waals surface area contributed by atoms with E-state index in [0.717, 1.165) is 16.6 Å². The summed E-state index contributed by atoms with van der Waals surface area (Å²) in [4.78, 5) is 28.4. The second-order valence-electron chi connectivity index (χ2n) is 5.31. The van der Waals surface area contributed by atoms with Gasteiger partial charge in [0.2, 0.25) is 11.8 Å². The van der Waals surface area contributed by atoms with Crippen LogP contribution in [0.5, 0.6) is 0 Å². The van der Waals surface area contributed by atoms with Crippen LogP contribution >= 0.6 is 51.7 Å². The lowest BCUT2D eigenvalue weighted by atomic mass is 10.2. The molecule has 2 amide bonds. The summed E-state index contributed by atoms with van der Waals surface area (Å²) in [7, 11) is 0. The highest BCUT2D eigenvalue weighted by molar-refractivity contribution is 9.10. The van der Waals surface area contributed by atoms with Crippen molar-refractivity contribution >= 4 is 84.5 Å². The molecule has 1 unspecified atom stereocenters. The minimum absolute atomic E-state index is 0.0628. The molecule has 0 aliphatic carbocycles. The molecule has 11 heteroatoms. The van der Waals surface area contributed by atoms with Crippen molar-refractivity contribution in [2.45, 2.75) is 18.1 Å². The summed E-state index contributed by atoms with van der Waals surface area (Å²) in [5.74, 6) is 1.06. The number of hydrazone groups is 1. The van der Waals surface area contributed by atoms with Crippen molar-refractivity contribution in [2.24, 2.45) is 10.1 Å². The summed E-state index contributed by atoms with van der Waals surface area (Å²) in [6, 6.07) is 7.24. The van der Waals surface area contributed by atoms with Crippen molar-refractivity contribution < 1.29 is 9.59 Å². The molecule has 3 rings (SSSR count). The monoisotopic (exact) mass is 471 g/mol. The Bertz CT molecular complexity index is 797. The van der Waals surface area contributed by atoms with Crippen LogP contribution in [0.2, 0.25) is 0 Å². The number of hydrogen-bond acceptors (Lipinski definition) is 7. The maximum Gasteiger partial charge on any atom is 0.240 e. The number of nitrogens with one attached hydrogen (secondary N) is 3. The third kappa shape index (κ3) is 5.53. The van der Waals surface area contributed by atoms with Gasteiger partial charge in [0.25, 0.3) is 0 Å². The predicted octanol–water partition coefficient (Wildman–Crippen LogP) is 2.69. The third-order valence-electron chi connectivity index (χ3n) is 3.35. The molecule has 0 radical (unpaired) electrons. The molecular weight excluding hydrogens is 458 g/mol. The van der Waals surface area contributed by atoms with Crippen molar-refractivity contribution in [3.63, 3.8) is 0 Å². The summed E-state index contributed by atoms with van der Waals surface area (Å²) in [5.41, 5.74) is 3.51. The van der Waals surface area contributed by atoms with Crippen molar-refractivity contribution in [3.8, 4) is 0 Å². The molecule has 0 aromatic heterocycles. The molecule has 26 heavy (non-hydrogen) atoms. The van der Waals surface area contributed by atoms with Crippen LogP contribution in [0, 0.1) is 0 Å². The molecule has 2 heterocycles. The van der Waals surface area contributed by atoms with Gasteiger partial charge in [-0.2, -0.15) is 0 Å². The van der Waals surface area contributed by atoms with Crippen LogP contribution in [0.3, 0.4) is 0 Å². The molecule has 0 spiro atoms. The van der Waals surface area contributed by atoms with E-state index in [1.165, 1.54) is 23.5 Å². The van der Waals surface area contributed by atoms with E-state index in [4.69, 9.17) is 12.2 Å². The zero-order chi connectivity index (χ0) is 18.5. The van der Waals surface area contributed by atoms with Gasteiger partial charge in [0.1, 0.15) is 11.1 Å². The fourth-order valence-corrected chi connectivity index (χ4v) is 4.33. The number of hydrogen-bond donors (Lipinski definition) is 3. The van der Waals surface area contributed by atoms with E-state index < -0.39 is 5.25 Å². The van der Waals surface area contributed by atoms with E-state index >= 15 is 0 Å². The van der Waals surface area contributed by atoms with E-state index in [1.54, 1.807) is 12.1 Å². The van der Waals surface area contributed by atoms with Crippen molar-refractivity contribution in [3.05, 3.63) is 28.7 Å². The number of amides is 2. The van der Waals surface area contributed by atoms with Gasteiger partial charge in [-0.3, -0.25) is 15.0 Å². The fourth-order valence-electron chi connectivity index (χ4n) is 2.14. The molecular formula is C15H14BrN5O2S3. The number of carbonyl (C=O) groups excluding carboxylic acids is 2. The number of benzene rings is 1. The van der Waals surface area contributed by atoms with E-state index in [0.29, 0.717) is 21.0 Å². The van der Waals surface area contributed by atoms with Gasteiger partial charge in [-0.1, -0.05) is 51.7 Å². The lowest BCUT2D eigenvalue weighted by molar-refractivity contribution is -0.122. The smallest absolute Gasteiger partial charge is 0.240 e. The second kappa shape index (κ2) is 8.98. The van der Waals surface area contributed by atoms with E-state index in [-0.39, 0.29) is 18.2 Å². The van der Waals surface area contributed by atoms with E-state index in [2.05, 4.69) is 42.1 Å². The van der Waals surface area contributed by atoms with Gasteiger partial charge in [-0.05, 0) is 24.3 Å². The zero-order valence-corrected chi connectivity index (χ0v) is 17.4. The Hall–Kier alpha value is -1.43. The number of aliphatic imine (C=N–C) groups is 1. The van der Waals surface area contributed by atoms with Gasteiger partial charge >= 0.3 is 0 Å². The number of carbonyl (C=O) groups is 2. The minimum Gasteiger partial charge on any atom is -0.326 e. The largest absolute Gasteiger partial charge is 0.326 e. The number of halogens is 1. The Morgan fingerprint density at radius 3 is 2.92 bits per heavy atom. The number of anilines is 1. The topological polar surface area (TPSA) is 94.9 Å². The Kier molecular flexibility index (Phi) is 6.68. The van der Waals surface area contributed by atoms with E-state index in [9.17, 15) is 9.59 Å². The molecule has 1 atom stereocenters. The maximum atomic E-state index is 12.1. The molecule has 1 aromatic carbocycles. The molecule has 136 valence electrons. The van der Waals surface area contributed by atoms with Crippen LogP contribution in [0.15, 0.2) is 38.8 Å². The average molecular weight is 472 g/mol. The van der Waals surface area contributed by atoms with E-state index in [1.807, 2.05) is 12.1 Å². The molecule has 1 fully saturated rings. The van der Waals surface area contributed by atoms with Gasteiger partial charge in [0.05, 0.1) is 0 Å². The van der Waals surface area contributed by atoms with Crippen LogP contribution in [0.25, 0.3) is 0 Å². The summed E-state index contributed by atoms with van der Waals surface area (Å²) < 4.78 is 1.50. The normalized spacial score (nSPS) is 21.3. The molecule has 1 aromatic rings. The molecule has 3 N–H and O–H groups in total. The highest BCUT2D eigenvalue weighted by Crippen LogP contribution is 2.23. The molecule has 0 bridgehead atoms. The van der Waals surface area contributed by atoms with Gasteiger partial charge in [-0.15, -0.1) is 5.10 Å². The summed E-state index contributed by atoms with van der Waals surface area (Å²) >= 11 is 11.1. The molecule has 7 nitrogen and oxygen atoms in total. The van der Waals surface area contributed by atoms with Crippen LogP contribution < -0.4 is 16.1 Å². The van der Waals surface area contributed by atoms with Crippen LogP contribution in [0.1, 0.15) is 12.8 Å². The summed E-state index contributed by atoms with van der Waals surface area (Å²) in [6.45, 7) is 0. The van der Waals surface area contributed by atoms with Crippen molar-refractivity contribution in [1.29, 1.82) is 0 Å². The second-order valence-corrected chi connectivity index (χ2v) is 9.14. The highest BCUT2D eigenvalue weighted by Gasteiger charge is 2.32. The van der Waals surface area contributed by atoms with Gasteiger partial charge < -0.3 is 10.6 Å². The number of rotatable bonds is 4. The highest BCUT2D eigenvalue weighted by atomic mass is 79.9. The Balaban J connectivity index is 1.52. The number of thiocarbonyl (C=S) groups is 1. The number of thioether (sulfide) groups is 2. The minimum atomic E-state index is -0.518. The van der Waals surface area contributed by atoms with Crippen molar-refractivity contribution in [2.75, 3.05) is 11.1 Å². The molecule has 2 aliphatic rings. The first kappa shape index (κ1) is 19.3. The summed E-state index contributed by atoms with van der Waals surface area (Å²) in [6.07, 6.45) is 0.798. The summed E-state index contributed by atoms with van der Waals surface area (Å²) in [5, 5.41) is 9.49. The van der Waals surface area contributed by atoms with Crippen LogP contribution in [-0.4, -0.2) is 38.1 Å². The number of nitrogens with zero attached hydrogens (tertiary/aromatic N) is 2.